The van der Waals surface area contributed by atoms with E-state index in [1.54, 1.807) is 58.0 Å². The van der Waals surface area contributed by atoms with Crippen molar-refractivity contribution in [2.45, 2.75) is 58.2 Å². The second kappa shape index (κ2) is 14.2. The molecule has 2 aromatic carbocycles. The number of nitrogens with one attached hydrogen (secondary N) is 2. The van der Waals surface area contributed by atoms with Crippen LogP contribution in [0.4, 0.5) is 10.5 Å². The summed E-state index contributed by atoms with van der Waals surface area (Å²) in [6.45, 7) is 5.79. The van der Waals surface area contributed by atoms with Gasteiger partial charge in [-0.25, -0.2) is 4.79 Å². The van der Waals surface area contributed by atoms with Crippen molar-refractivity contribution in [2.75, 3.05) is 25.6 Å². The molecule has 218 valence electrons. The number of aryl methyl sites for hydroxylation is 1. The number of alkyl carbamates (subject to hydrolysis) is 1. The Balaban J connectivity index is 2.52. The summed E-state index contributed by atoms with van der Waals surface area (Å²) in [7, 11) is 1.51. The lowest BCUT2D eigenvalue weighted by Crippen LogP contribution is -2.53. The molecule has 0 saturated carbocycles. The van der Waals surface area contributed by atoms with Crippen LogP contribution < -0.4 is 21.1 Å². The molecule has 0 bridgehead atoms. The molecule has 12 heteroatoms. The summed E-state index contributed by atoms with van der Waals surface area (Å²) in [4.78, 5) is 52.8. The van der Waals surface area contributed by atoms with Gasteiger partial charge in [-0.2, -0.15) is 0 Å². The summed E-state index contributed by atoms with van der Waals surface area (Å²) in [6, 6.07) is 8.36. The van der Waals surface area contributed by atoms with Gasteiger partial charge in [0.1, 0.15) is 29.2 Å². The number of hydrogen-bond acceptors (Lipinski definition) is 8. The third-order valence-electron chi connectivity index (χ3n) is 5.75. The maximum absolute atomic E-state index is 13.9. The minimum absolute atomic E-state index is 0.0102. The molecule has 12 nitrogen and oxygen atoms in total. The van der Waals surface area contributed by atoms with Crippen molar-refractivity contribution >= 4 is 29.5 Å². The molecule has 0 aromatic heterocycles. The van der Waals surface area contributed by atoms with Gasteiger partial charge in [0.05, 0.1) is 13.7 Å². The molecule has 6 N–H and O–H groups in total. The Bertz CT molecular complexity index is 1190. The van der Waals surface area contributed by atoms with Gasteiger partial charge in [-0.05, 0) is 81.6 Å². The summed E-state index contributed by atoms with van der Waals surface area (Å²) < 4.78 is 10.4. The number of benzene rings is 2. The zero-order valence-corrected chi connectivity index (χ0v) is 23.4. The molecule has 0 radical (unpaired) electrons. The lowest BCUT2D eigenvalue weighted by molar-refractivity contribution is -0.141. The van der Waals surface area contributed by atoms with Crippen LogP contribution in [0.15, 0.2) is 42.5 Å². The monoisotopic (exact) mass is 558 g/mol. The van der Waals surface area contributed by atoms with Crippen LogP contribution in [0.1, 0.15) is 50.8 Å². The normalized spacial score (nSPS) is 12.6. The first-order chi connectivity index (χ1) is 18.7. The third kappa shape index (κ3) is 9.45. The molecule has 2 aromatic rings. The number of hydrogen-bond donors (Lipinski definition) is 5. The number of rotatable bonds is 12. The SMILES string of the molecule is COc1ccc(NC(=O)C(c2ccc(O)c(C)c2)N(CCO)C(=O)C(CCC(N)=O)NC(=O)OC(C)(C)C)cc1. The number of nitrogens with zero attached hydrogens (tertiary/aromatic N) is 1. The fraction of sp³-hybridized carbons (Fsp3) is 0.429. The number of phenolic OH excluding ortho intramolecular Hbond substituents is 1. The van der Waals surface area contributed by atoms with Gasteiger partial charge >= 0.3 is 6.09 Å². The first-order valence-electron chi connectivity index (χ1n) is 12.7. The molecule has 0 aliphatic rings. The lowest BCUT2D eigenvalue weighted by atomic mass is 9.99. The molecule has 0 aliphatic carbocycles. The number of carbonyl (C=O) groups excluding carboxylic acids is 4. The van der Waals surface area contributed by atoms with E-state index in [1.807, 2.05) is 0 Å². The zero-order chi connectivity index (χ0) is 30.0. The van der Waals surface area contributed by atoms with Gasteiger partial charge in [0.15, 0.2) is 0 Å². The number of carbonyl (C=O) groups is 4. The first kappa shape index (κ1) is 31.9. The minimum atomic E-state index is -1.30. The topological polar surface area (TPSA) is 181 Å². The van der Waals surface area contributed by atoms with E-state index in [4.69, 9.17) is 15.2 Å². The average Bonchev–Trinajstić information content (AvgIpc) is 2.87. The number of aliphatic hydroxyl groups excluding tert-OH is 1. The van der Waals surface area contributed by atoms with Crippen LogP contribution in [-0.4, -0.2) is 70.8 Å². The number of anilines is 1. The van der Waals surface area contributed by atoms with Gasteiger partial charge in [-0.3, -0.25) is 14.4 Å². The van der Waals surface area contributed by atoms with Crippen molar-refractivity contribution in [3.8, 4) is 11.5 Å². The van der Waals surface area contributed by atoms with Gasteiger partial charge < -0.3 is 41.0 Å². The van der Waals surface area contributed by atoms with E-state index in [1.165, 1.54) is 19.2 Å². The number of primary amides is 1. The second-order valence-corrected chi connectivity index (χ2v) is 10.1. The zero-order valence-electron chi connectivity index (χ0n) is 23.4. The highest BCUT2D eigenvalue weighted by Crippen LogP contribution is 2.29. The number of ether oxygens (including phenoxy) is 2. The van der Waals surface area contributed by atoms with E-state index in [2.05, 4.69) is 10.6 Å². The highest BCUT2D eigenvalue weighted by atomic mass is 16.6. The van der Waals surface area contributed by atoms with Gasteiger partial charge in [0.25, 0.3) is 5.91 Å². The molecule has 4 amide bonds. The highest BCUT2D eigenvalue weighted by molar-refractivity contribution is 5.99. The van der Waals surface area contributed by atoms with Gasteiger partial charge in [-0.15, -0.1) is 0 Å². The number of aromatic hydroxyl groups is 1. The van der Waals surface area contributed by atoms with E-state index < -0.39 is 48.1 Å². The summed E-state index contributed by atoms with van der Waals surface area (Å²) in [5, 5.41) is 25.2. The number of nitrogens with two attached hydrogens (primary N) is 1. The minimum Gasteiger partial charge on any atom is -0.508 e. The Labute approximate surface area is 233 Å². The maximum atomic E-state index is 13.9. The van der Waals surface area contributed by atoms with Crippen LogP contribution >= 0.6 is 0 Å². The Morgan fingerprint density at radius 2 is 1.73 bits per heavy atom. The first-order valence-corrected chi connectivity index (χ1v) is 12.7. The molecule has 0 heterocycles. The Morgan fingerprint density at radius 3 is 2.25 bits per heavy atom. The maximum Gasteiger partial charge on any atom is 0.408 e. The molecule has 40 heavy (non-hydrogen) atoms. The molecule has 0 fully saturated rings. The largest absolute Gasteiger partial charge is 0.508 e. The van der Waals surface area contributed by atoms with E-state index in [9.17, 15) is 29.4 Å². The predicted molar refractivity (Wildman–Crippen MR) is 148 cm³/mol. The molecule has 2 rings (SSSR count). The van der Waals surface area contributed by atoms with Crippen LogP contribution in [0, 0.1) is 6.92 Å². The number of aliphatic hydroxyl groups is 1. The van der Waals surface area contributed by atoms with Crippen LogP contribution in [0.5, 0.6) is 11.5 Å². The van der Waals surface area contributed by atoms with E-state index >= 15 is 0 Å². The smallest absolute Gasteiger partial charge is 0.408 e. The van der Waals surface area contributed by atoms with Crippen LogP contribution in [-0.2, 0) is 19.1 Å². The van der Waals surface area contributed by atoms with Crippen LogP contribution in [0.3, 0.4) is 0 Å². The van der Waals surface area contributed by atoms with Crippen molar-refractivity contribution in [1.82, 2.24) is 10.2 Å². The Hall–Kier alpha value is -4.32. The standard InChI is InChI=1S/C28H38N4O8/c1-17-16-18(6-12-22(17)34)24(25(36)30-19-7-9-20(39-5)10-8-19)32(14-15-33)26(37)21(11-13-23(29)35)31-27(38)40-28(2,3)4/h6-10,12,16,21,24,33-34H,11,13-15H2,1-5H3,(H2,29,35)(H,30,36)(H,31,38). The quantitative estimate of drug-likeness (QED) is 0.263. The summed E-state index contributed by atoms with van der Waals surface area (Å²) >= 11 is 0. The summed E-state index contributed by atoms with van der Waals surface area (Å²) in [5.41, 5.74) is 5.65. The molecular formula is C28H38N4O8. The Morgan fingerprint density at radius 1 is 1.07 bits per heavy atom. The molecule has 0 spiro atoms. The highest BCUT2D eigenvalue weighted by Gasteiger charge is 2.36. The lowest BCUT2D eigenvalue weighted by Gasteiger charge is -2.34. The molecule has 2 unspecified atom stereocenters. The van der Waals surface area contributed by atoms with Gasteiger partial charge in [0, 0.05) is 18.7 Å². The van der Waals surface area contributed by atoms with Gasteiger partial charge in [0.2, 0.25) is 11.8 Å². The number of phenols is 1. The van der Waals surface area contributed by atoms with Crippen molar-refractivity contribution in [3.05, 3.63) is 53.6 Å². The number of methoxy groups -OCH3 is 1. The third-order valence-corrected chi connectivity index (χ3v) is 5.75. The van der Waals surface area contributed by atoms with Crippen molar-refractivity contribution in [1.29, 1.82) is 0 Å². The Kier molecular flexibility index (Phi) is 11.3. The number of amides is 4. The fourth-order valence-corrected chi connectivity index (χ4v) is 3.87. The van der Waals surface area contributed by atoms with E-state index in [0.29, 0.717) is 22.6 Å². The molecule has 0 aliphatic heterocycles. The summed E-state index contributed by atoms with van der Waals surface area (Å²) in [5.74, 6) is -1.50. The average molecular weight is 559 g/mol. The molecule has 2 atom stereocenters. The van der Waals surface area contributed by atoms with E-state index in [0.717, 1.165) is 4.90 Å². The van der Waals surface area contributed by atoms with E-state index in [-0.39, 0.29) is 25.1 Å². The van der Waals surface area contributed by atoms with Gasteiger partial charge in [-0.1, -0.05) is 6.07 Å². The molecular weight excluding hydrogens is 520 g/mol. The van der Waals surface area contributed by atoms with Crippen molar-refractivity contribution < 1.29 is 38.9 Å². The second-order valence-electron chi connectivity index (χ2n) is 10.1. The van der Waals surface area contributed by atoms with Crippen molar-refractivity contribution in [2.24, 2.45) is 5.73 Å². The van der Waals surface area contributed by atoms with Crippen LogP contribution in [0.2, 0.25) is 0 Å². The predicted octanol–water partition coefficient (Wildman–Crippen LogP) is 2.37. The summed E-state index contributed by atoms with van der Waals surface area (Å²) in [6.07, 6.45) is -1.31. The van der Waals surface area contributed by atoms with Crippen molar-refractivity contribution in [3.63, 3.8) is 0 Å². The molecule has 0 saturated heterocycles. The fourth-order valence-electron chi connectivity index (χ4n) is 3.87. The van der Waals surface area contributed by atoms with Crippen LogP contribution in [0.25, 0.3) is 0 Å².